The molecule has 10 heteroatoms. The van der Waals surface area contributed by atoms with Gasteiger partial charge in [-0.25, -0.2) is 0 Å². The summed E-state index contributed by atoms with van der Waals surface area (Å²) in [6.45, 7) is 4.37. The number of nitrogens with one attached hydrogen (secondary N) is 1. The van der Waals surface area contributed by atoms with E-state index in [1.807, 2.05) is 66.9 Å². The molecule has 2 heterocycles. The Morgan fingerprint density at radius 2 is 1.76 bits per heavy atom. The number of carbonyl (C=O) groups is 1. The normalized spacial score (nSPS) is 14.2. The summed E-state index contributed by atoms with van der Waals surface area (Å²) in [4.78, 5) is 18.2. The van der Waals surface area contributed by atoms with Crippen LogP contribution in [0.15, 0.2) is 71.7 Å². The summed E-state index contributed by atoms with van der Waals surface area (Å²) < 4.78 is 1.98. The van der Waals surface area contributed by atoms with E-state index in [9.17, 15) is 14.8 Å². The molecule has 3 N–H and O–H groups in total. The Morgan fingerprint density at radius 3 is 2.47 bits per heavy atom. The molecule has 0 aliphatic carbocycles. The zero-order valence-corrected chi connectivity index (χ0v) is 21.9. The molecular weight excluding hydrogens is 501 g/mol. The molecular formula is C28H27BClN5O3. The number of aromatic nitrogens is 3. The van der Waals surface area contributed by atoms with Crippen LogP contribution in [0.1, 0.15) is 46.4 Å². The van der Waals surface area contributed by atoms with Crippen LogP contribution in [0.4, 0.5) is 0 Å². The second-order valence-corrected chi connectivity index (χ2v) is 9.82. The molecule has 192 valence electrons. The fraction of sp³-hybridized carbons (Fsp3) is 0.214. The van der Waals surface area contributed by atoms with Crippen LogP contribution in [0.25, 0.3) is 5.69 Å². The molecule has 4 aromatic rings. The average Bonchev–Trinajstić information content (AvgIpc) is 3.22. The summed E-state index contributed by atoms with van der Waals surface area (Å²) >= 11 is 6.16. The number of carbonyl (C=O) groups excluding carboxylic acids is 1. The highest BCUT2D eigenvalue weighted by atomic mass is 35.5. The summed E-state index contributed by atoms with van der Waals surface area (Å²) in [6, 6.07) is 20.1. The van der Waals surface area contributed by atoms with Crippen molar-refractivity contribution >= 4 is 35.8 Å². The van der Waals surface area contributed by atoms with Crippen molar-refractivity contribution in [2.24, 2.45) is 4.99 Å². The van der Waals surface area contributed by atoms with E-state index < -0.39 is 13.2 Å². The lowest BCUT2D eigenvalue weighted by Crippen LogP contribution is -2.30. The second-order valence-electron chi connectivity index (χ2n) is 9.38. The molecule has 0 spiro atoms. The molecule has 8 nitrogen and oxygen atoms in total. The number of hydrogen-bond donors (Lipinski definition) is 3. The van der Waals surface area contributed by atoms with Gasteiger partial charge in [0.2, 0.25) is 5.91 Å². The van der Waals surface area contributed by atoms with Crippen LogP contribution in [0, 0.1) is 13.8 Å². The van der Waals surface area contributed by atoms with Gasteiger partial charge in [0.25, 0.3) is 0 Å². The van der Waals surface area contributed by atoms with Gasteiger partial charge in [-0.05, 0) is 55.6 Å². The molecule has 1 aliphatic rings. The SMILES string of the molecule is Cc1ccc2c(c1)C(c1ccc(Cl)cc1)=N[C@@H](CC(=O)NCCc1ccc(B(O)O)cc1)c1nnc(C)n1-2. The molecule has 1 amide bonds. The van der Waals surface area contributed by atoms with Crippen molar-refractivity contribution in [3.8, 4) is 5.69 Å². The third-order valence-electron chi connectivity index (χ3n) is 6.59. The van der Waals surface area contributed by atoms with E-state index in [1.165, 1.54) is 0 Å². The highest BCUT2D eigenvalue weighted by Gasteiger charge is 2.29. The van der Waals surface area contributed by atoms with Gasteiger partial charge in [0.15, 0.2) is 5.82 Å². The summed E-state index contributed by atoms with van der Waals surface area (Å²) in [5.74, 6) is 1.19. The van der Waals surface area contributed by atoms with Crippen LogP contribution < -0.4 is 10.8 Å². The number of nitrogens with zero attached hydrogens (tertiary/aromatic N) is 4. The largest absolute Gasteiger partial charge is 0.488 e. The van der Waals surface area contributed by atoms with E-state index >= 15 is 0 Å². The molecule has 38 heavy (non-hydrogen) atoms. The molecule has 0 saturated carbocycles. The minimum Gasteiger partial charge on any atom is -0.423 e. The molecule has 0 radical (unpaired) electrons. The predicted molar refractivity (Wildman–Crippen MR) is 148 cm³/mol. The van der Waals surface area contributed by atoms with Gasteiger partial charge in [0.1, 0.15) is 11.9 Å². The zero-order valence-electron chi connectivity index (χ0n) is 21.1. The minimum absolute atomic E-state index is 0.109. The highest BCUT2D eigenvalue weighted by Crippen LogP contribution is 2.33. The summed E-state index contributed by atoms with van der Waals surface area (Å²) in [7, 11) is -1.50. The van der Waals surface area contributed by atoms with Gasteiger partial charge >= 0.3 is 7.12 Å². The van der Waals surface area contributed by atoms with Crippen LogP contribution >= 0.6 is 11.6 Å². The summed E-state index contributed by atoms with van der Waals surface area (Å²) in [5, 5.41) is 30.9. The van der Waals surface area contributed by atoms with Crippen molar-refractivity contribution in [1.82, 2.24) is 20.1 Å². The number of amides is 1. The summed E-state index contributed by atoms with van der Waals surface area (Å²) in [6.07, 6.45) is 0.718. The molecule has 0 unspecified atom stereocenters. The maximum Gasteiger partial charge on any atom is 0.488 e. The Bertz CT molecular complexity index is 1500. The van der Waals surface area contributed by atoms with Gasteiger partial charge in [-0.15, -0.1) is 10.2 Å². The first kappa shape index (κ1) is 25.8. The number of aryl methyl sites for hydroxylation is 2. The molecule has 1 atom stereocenters. The van der Waals surface area contributed by atoms with Gasteiger partial charge in [0, 0.05) is 22.7 Å². The molecule has 5 rings (SSSR count). The number of aliphatic imine (C=N–C) groups is 1. The Labute approximate surface area is 226 Å². The standard InChI is InChI=1S/C28H27BClN5O3/c1-17-3-12-25-23(15-17)27(20-6-10-22(30)11-7-20)32-24(28-34-33-18(2)35(25)28)16-26(36)31-14-13-19-4-8-21(9-5-19)29(37)38/h3-12,15,24,37-38H,13-14,16H2,1-2H3,(H,31,36)/t24-/m0/s1. The number of fused-ring (bicyclic) bond motifs is 3. The Hall–Kier alpha value is -3.79. The first-order valence-electron chi connectivity index (χ1n) is 12.4. The van der Waals surface area contributed by atoms with Crippen LogP contribution in [-0.2, 0) is 11.2 Å². The van der Waals surface area contributed by atoms with Gasteiger partial charge in [0.05, 0.1) is 17.8 Å². The number of halogens is 1. The van der Waals surface area contributed by atoms with E-state index in [0.717, 1.165) is 39.5 Å². The third-order valence-corrected chi connectivity index (χ3v) is 6.84. The Balaban J connectivity index is 1.42. The van der Waals surface area contributed by atoms with E-state index in [0.29, 0.717) is 29.3 Å². The molecule has 3 aromatic carbocycles. The van der Waals surface area contributed by atoms with Crippen LogP contribution in [-0.4, -0.2) is 50.1 Å². The van der Waals surface area contributed by atoms with Gasteiger partial charge < -0.3 is 15.4 Å². The second kappa shape index (κ2) is 10.9. The topological polar surface area (TPSA) is 113 Å². The zero-order chi connectivity index (χ0) is 26.8. The average molecular weight is 528 g/mol. The van der Waals surface area contributed by atoms with Crippen molar-refractivity contribution < 1.29 is 14.8 Å². The van der Waals surface area contributed by atoms with Crippen LogP contribution in [0.2, 0.25) is 5.02 Å². The maximum atomic E-state index is 13.1. The summed E-state index contributed by atoms with van der Waals surface area (Å²) in [5.41, 5.74) is 6.03. The number of hydrogen-bond acceptors (Lipinski definition) is 6. The van der Waals surface area contributed by atoms with E-state index in [2.05, 4.69) is 21.6 Å². The smallest absolute Gasteiger partial charge is 0.423 e. The van der Waals surface area contributed by atoms with Crippen LogP contribution in [0.3, 0.4) is 0 Å². The van der Waals surface area contributed by atoms with E-state index in [1.54, 1.807) is 12.1 Å². The first-order chi connectivity index (χ1) is 18.3. The lowest BCUT2D eigenvalue weighted by molar-refractivity contribution is -0.121. The van der Waals surface area contributed by atoms with Crippen molar-refractivity contribution in [2.75, 3.05) is 6.54 Å². The molecule has 0 fully saturated rings. The third kappa shape index (κ3) is 5.40. The van der Waals surface area contributed by atoms with Crippen molar-refractivity contribution in [3.63, 3.8) is 0 Å². The predicted octanol–water partition coefficient (Wildman–Crippen LogP) is 2.86. The molecule has 0 bridgehead atoms. The molecule has 0 saturated heterocycles. The van der Waals surface area contributed by atoms with Crippen molar-refractivity contribution in [1.29, 1.82) is 0 Å². The maximum absolute atomic E-state index is 13.1. The van der Waals surface area contributed by atoms with Gasteiger partial charge in [-0.3, -0.25) is 14.4 Å². The fourth-order valence-electron chi connectivity index (χ4n) is 4.64. The minimum atomic E-state index is -1.50. The van der Waals surface area contributed by atoms with Gasteiger partial charge in [-0.1, -0.05) is 59.6 Å². The Morgan fingerprint density at radius 1 is 1.03 bits per heavy atom. The quantitative estimate of drug-likeness (QED) is 0.320. The lowest BCUT2D eigenvalue weighted by Gasteiger charge is -2.13. The highest BCUT2D eigenvalue weighted by molar-refractivity contribution is 6.58. The van der Waals surface area contributed by atoms with Crippen LogP contribution in [0.5, 0.6) is 0 Å². The Kier molecular flexibility index (Phi) is 7.42. The van der Waals surface area contributed by atoms with E-state index in [-0.39, 0.29) is 12.3 Å². The van der Waals surface area contributed by atoms with Gasteiger partial charge in [-0.2, -0.15) is 0 Å². The lowest BCUT2D eigenvalue weighted by atomic mass is 9.80. The first-order valence-corrected chi connectivity index (χ1v) is 12.8. The van der Waals surface area contributed by atoms with Crippen molar-refractivity contribution in [2.45, 2.75) is 32.7 Å². The molecule has 1 aromatic heterocycles. The fourth-order valence-corrected chi connectivity index (χ4v) is 4.76. The van der Waals surface area contributed by atoms with E-state index in [4.69, 9.17) is 16.6 Å². The number of benzene rings is 3. The number of rotatable bonds is 7. The van der Waals surface area contributed by atoms with Crippen molar-refractivity contribution in [3.05, 3.63) is 106 Å². The monoisotopic (exact) mass is 527 g/mol. The molecule has 1 aliphatic heterocycles.